The average Bonchev–Trinajstić information content (AvgIpc) is 3.04. The molecule has 134 valence electrons. The zero-order valence-corrected chi connectivity index (χ0v) is 14.1. The summed E-state index contributed by atoms with van der Waals surface area (Å²) in [5.74, 6) is -0.331. The van der Waals surface area contributed by atoms with Crippen LogP contribution in [0.4, 0.5) is 4.39 Å². The van der Waals surface area contributed by atoms with Gasteiger partial charge in [-0.1, -0.05) is 40.6 Å². The van der Waals surface area contributed by atoms with Crippen LogP contribution in [0.3, 0.4) is 0 Å². The first-order valence-electron chi connectivity index (χ1n) is 8.49. The number of hydrogen-bond donors (Lipinski definition) is 1. The number of nitrogens with zero attached hydrogens (tertiary/aromatic N) is 4. The predicted molar refractivity (Wildman–Crippen MR) is 93.4 cm³/mol. The van der Waals surface area contributed by atoms with Gasteiger partial charge in [0.1, 0.15) is 11.5 Å². The Bertz CT molecular complexity index is 867. The summed E-state index contributed by atoms with van der Waals surface area (Å²) in [6.45, 7) is 2.44. The van der Waals surface area contributed by atoms with E-state index in [-0.39, 0.29) is 17.8 Å². The zero-order valence-electron chi connectivity index (χ0n) is 14.1. The van der Waals surface area contributed by atoms with Crippen LogP contribution in [-0.4, -0.2) is 44.7 Å². The van der Waals surface area contributed by atoms with Gasteiger partial charge in [-0.2, -0.15) is 0 Å². The number of ether oxygens (including phenoxy) is 1. The first-order valence-corrected chi connectivity index (χ1v) is 8.49. The summed E-state index contributed by atoms with van der Waals surface area (Å²) in [7, 11) is 0. The van der Waals surface area contributed by atoms with E-state index in [4.69, 9.17) is 4.74 Å². The van der Waals surface area contributed by atoms with E-state index in [2.05, 4.69) is 15.2 Å². The normalized spacial score (nSPS) is 18.1. The number of rotatable bonds is 4. The van der Waals surface area contributed by atoms with Crippen LogP contribution in [0.5, 0.6) is 5.88 Å². The van der Waals surface area contributed by atoms with Crippen molar-refractivity contribution in [2.24, 2.45) is 0 Å². The number of halogens is 1. The molecule has 2 heterocycles. The summed E-state index contributed by atoms with van der Waals surface area (Å²) in [4.78, 5) is 2.18. The second kappa shape index (κ2) is 7.23. The molecule has 1 atom stereocenters. The van der Waals surface area contributed by atoms with Crippen LogP contribution in [0.2, 0.25) is 0 Å². The van der Waals surface area contributed by atoms with Crippen molar-refractivity contribution >= 4 is 0 Å². The van der Waals surface area contributed by atoms with Gasteiger partial charge in [0.25, 0.3) is 5.88 Å². The molecule has 3 aromatic rings. The third kappa shape index (κ3) is 3.44. The first kappa shape index (κ1) is 16.7. The van der Waals surface area contributed by atoms with Gasteiger partial charge < -0.3 is 9.84 Å². The fourth-order valence-corrected chi connectivity index (χ4v) is 3.14. The highest BCUT2D eigenvalue weighted by atomic mass is 19.1. The molecule has 0 radical (unpaired) electrons. The lowest BCUT2D eigenvalue weighted by Crippen LogP contribution is -2.38. The standard InChI is InChI=1S/C19H19FN4O2/c20-15-8-6-14(7-9-15)18-13-23(10-11-26-18)12-17-19(25)21-22-24(17)16-4-2-1-3-5-16/h1-9,18,25H,10-13H2. The Morgan fingerprint density at radius 3 is 2.65 bits per heavy atom. The molecule has 0 amide bonds. The third-order valence-corrected chi connectivity index (χ3v) is 4.51. The summed E-state index contributed by atoms with van der Waals surface area (Å²) in [6, 6.07) is 16.0. The Labute approximate surface area is 150 Å². The summed E-state index contributed by atoms with van der Waals surface area (Å²) in [5, 5.41) is 18.0. The van der Waals surface area contributed by atoms with E-state index in [1.165, 1.54) is 12.1 Å². The molecule has 6 nitrogen and oxygen atoms in total. The van der Waals surface area contributed by atoms with E-state index in [0.717, 1.165) is 17.8 Å². The van der Waals surface area contributed by atoms with Crippen molar-refractivity contribution in [1.29, 1.82) is 0 Å². The molecule has 1 N–H and O–H groups in total. The van der Waals surface area contributed by atoms with Gasteiger partial charge in [-0.05, 0) is 29.8 Å². The molecule has 1 aromatic heterocycles. The Kier molecular flexibility index (Phi) is 4.64. The molecule has 7 heteroatoms. The Morgan fingerprint density at radius 2 is 1.88 bits per heavy atom. The lowest BCUT2D eigenvalue weighted by molar-refractivity contribution is -0.0336. The minimum atomic E-state index is -0.260. The topological polar surface area (TPSA) is 63.4 Å². The molecule has 26 heavy (non-hydrogen) atoms. The zero-order chi connectivity index (χ0) is 17.9. The number of aromatic nitrogens is 3. The minimum Gasteiger partial charge on any atom is -0.491 e. The number of hydrogen-bond acceptors (Lipinski definition) is 5. The van der Waals surface area contributed by atoms with Crippen molar-refractivity contribution in [3.05, 3.63) is 71.7 Å². The quantitative estimate of drug-likeness (QED) is 0.780. The fraction of sp³-hybridized carbons (Fsp3) is 0.263. The van der Waals surface area contributed by atoms with Crippen molar-refractivity contribution in [2.75, 3.05) is 19.7 Å². The SMILES string of the molecule is Oc1nnn(-c2ccccc2)c1CN1CCOC(c2ccc(F)cc2)C1. The van der Waals surface area contributed by atoms with Crippen LogP contribution in [0.1, 0.15) is 17.4 Å². The van der Waals surface area contributed by atoms with Crippen molar-refractivity contribution in [2.45, 2.75) is 12.6 Å². The molecule has 1 aliphatic rings. The molecule has 0 aliphatic carbocycles. The molecular formula is C19H19FN4O2. The summed E-state index contributed by atoms with van der Waals surface area (Å²) in [5.41, 5.74) is 2.42. The van der Waals surface area contributed by atoms with Crippen LogP contribution in [0.25, 0.3) is 5.69 Å². The summed E-state index contributed by atoms with van der Waals surface area (Å²) < 4.78 is 20.6. The maximum atomic E-state index is 13.1. The van der Waals surface area contributed by atoms with Gasteiger partial charge >= 0.3 is 0 Å². The van der Waals surface area contributed by atoms with Crippen molar-refractivity contribution in [3.63, 3.8) is 0 Å². The van der Waals surface area contributed by atoms with E-state index in [1.807, 2.05) is 30.3 Å². The van der Waals surface area contributed by atoms with Gasteiger partial charge in [-0.3, -0.25) is 4.90 Å². The molecule has 1 fully saturated rings. The first-order chi connectivity index (χ1) is 12.7. The summed E-state index contributed by atoms with van der Waals surface area (Å²) in [6.07, 6.45) is -0.132. The second-order valence-electron chi connectivity index (χ2n) is 6.25. The monoisotopic (exact) mass is 354 g/mol. The van der Waals surface area contributed by atoms with Gasteiger partial charge in [-0.25, -0.2) is 9.07 Å². The van der Waals surface area contributed by atoms with Gasteiger partial charge in [0.05, 0.1) is 18.4 Å². The largest absolute Gasteiger partial charge is 0.491 e. The van der Waals surface area contributed by atoms with Crippen LogP contribution >= 0.6 is 0 Å². The van der Waals surface area contributed by atoms with Gasteiger partial charge in [0.2, 0.25) is 0 Å². The highest BCUT2D eigenvalue weighted by molar-refractivity contribution is 5.34. The average molecular weight is 354 g/mol. The van der Waals surface area contributed by atoms with Gasteiger partial charge in [0.15, 0.2) is 0 Å². The van der Waals surface area contributed by atoms with Crippen molar-refractivity contribution in [3.8, 4) is 11.6 Å². The lowest BCUT2D eigenvalue weighted by atomic mass is 10.1. The van der Waals surface area contributed by atoms with E-state index in [1.54, 1.807) is 16.8 Å². The molecular weight excluding hydrogens is 335 g/mol. The predicted octanol–water partition coefficient (Wildman–Crippen LogP) is 2.69. The Balaban J connectivity index is 1.52. The lowest BCUT2D eigenvalue weighted by Gasteiger charge is -2.33. The molecule has 0 bridgehead atoms. The second-order valence-corrected chi connectivity index (χ2v) is 6.25. The number of benzene rings is 2. The molecule has 0 saturated carbocycles. The maximum absolute atomic E-state index is 13.1. The van der Waals surface area contributed by atoms with Crippen LogP contribution < -0.4 is 0 Å². The van der Waals surface area contributed by atoms with E-state index >= 15 is 0 Å². The van der Waals surface area contributed by atoms with Gasteiger partial charge in [0, 0.05) is 19.6 Å². The van der Waals surface area contributed by atoms with E-state index < -0.39 is 0 Å². The third-order valence-electron chi connectivity index (χ3n) is 4.51. The molecule has 1 saturated heterocycles. The highest BCUT2D eigenvalue weighted by Crippen LogP contribution is 2.25. The van der Waals surface area contributed by atoms with Crippen molar-refractivity contribution in [1.82, 2.24) is 19.9 Å². The molecule has 2 aromatic carbocycles. The van der Waals surface area contributed by atoms with Gasteiger partial charge in [-0.15, -0.1) is 0 Å². The highest BCUT2D eigenvalue weighted by Gasteiger charge is 2.25. The van der Waals surface area contributed by atoms with Crippen LogP contribution in [0, 0.1) is 5.82 Å². The molecule has 4 rings (SSSR count). The smallest absolute Gasteiger partial charge is 0.256 e. The number of aromatic hydroxyl groups is 1. The fourth-order valence-electron chi connectivity index (χ4n) is 3.14. The minimum absolute atomic E-state index is 0.0707. The van der Waals surface area contributed by atoms with E-state index in [0.29, 0.717) is 25.4 Å². The van der Waals surface area contributed by atoms with Crippen molar-refractivity contribution < 1.29 is 14.2 Å². The Morgan fingerprint density at radius 1 is 1.12 bits per heavy atom. The summed E-state index contributed by atoms with van der Waals surface area (Å²) >= 11 is 0. The molecule has 1 unspecified atom stereocenters. The molecule has 1 aliphatic heterocycles. The molecule has 0 spiro atoms. The number of para-hydroxylation sites is 1. The number of morpholine rings is 1. The van der Waals surface area contributed by atoms with Crippen LogP contribution in [-0.2, 0) is 11.3 Å². The Hall–Kier alpha value is -2.77. The van der Waals surface area contributed by atoms with E-state index in [9.17, 15) is 9.50 Å². The van der Waals surface area contributed by atoms with Crippen LogP contribution in [0.15, 0.2) is 54.6 Å². The maximum Gasteiger partial charge on any atom is 0.256 e.